The predicted molar refractivity (Wildman–Crippen MR) is 89.3 cm³/mol. The molecule has 5 heteroatoms. The average molecular weight is 308 g/mol. The first-order valence-electron chi connectivity index (χ1n) is 8.03. The standard InChI is InChI=1S/C18H20N4O/c1-3-12-4-5-15-13(8-12)9-16(20-15)17(23)21-18(6-7-18)14-10-19-22(2)11-14/h4-5,8-11,20H,3,6-7H2,1-2H3,(H,21,23). The summed E-state index contributed by atoms with van der Waals surface area (Å²) in [5.74, 6) is -0.0550. The highest BCUT2D eigenvalue weighted by Crippen LogP contribution is 2.45. The summed E-state index contributed by atoms with van der Waals surface area (Å²) >= 11 is 0. The smallest absolute Gasteiger partial charge is 0.268 e. The van der Waals surface area contributed by atoms with Crippen LogP contribution in [0.4, 0.5) is 0 Å². The third kappa shape index (κ3) is 2.42. The van der Waals surface area contributed by atoms with E-state index in [0.717, 1.165) is 35.7 Å². The Morgan fingerprint density at radius 2 is 2.22 bits per heavy atom. The van der Waals surface area contributed by atoms with Crippen LogP contribution >= 0.6 is 0 Å². The highest BCUT2D eigenvalue weighted by Gasteiger charge is 2.46. The molecule has 1 aliphatic carbocycles. The summed E-state index contributed by atoms with van der Waals surface area (Å²) in [6.07, 6.45) is 6.74. The van der Waals surface area contributed by atoms with Gasteiger partial charge in [-0.2, -0.15) is 5.10 Å². The van der Waals surface area contributed by atoms with Crippen LogP contribution in [-0.4, -0.2) is 20.7 Å². The molecule has 0 unspecified atom stereocenters. The zero-order valence-electron chi connectivity index (χ0n) is 13.4. The summed E-state index contributed by atoms with van der Waals surface area (Å²) in [6.45, 7) is 2.13. The number of aromatic nitrogens is 3. The van der Waals surface area contributed by atoms with E-state index in [1.54, 1.807) is 4.68 Å². The minimum Gasteiger partial charge on any atom is -0.351 e. The van der Waals surface area contributed by atoms with Crippen molar-refractivity contribution < 1.29 is 4.79 Å². The topological polar surface area (TPSA) is 62.7 Å². The molecule has 1 amide bonds. The van der Waals surface area contributed by atoms with Crippen LogP contribution < -0.4 is 5.32 Å². The van der Waals surface area contributed by atoms with Crippen molar-refractivity contribution in [3.63, 3.8) is 0 Å². The summed E-state index contributed by atoms with van der Waals surface area (Å²) in [6, 6.07) is 8.21. The SMILES string of the molecule is CCc1ccc2[nH]c(C(=O)NC3(c4cnn(C)c4)CC3)cc2c1. The van der Waals surface area contributed by atoms with Gasteiger partial charge in [-0.05, 0) is 43.0 Å². The van der Waals surface area contributed by atoms with Crippen molar-refractivity contribution in [3.8, 4) is 0 Å². The molecule has 118 valence electrons. The lowest BCUT2D eigenvalue weighted by Crippen LogP contribution is -2.34. The second kappa shape index (κ2) is 4.98. The second-order valence-electron chi connectivity index (χ2n) is 6.40. The van der Waals surface area contributed by atoms with E-state index >= 15 is 0 Å². The number of fused-ring (bicyclic) bond motifs is 1. The number of benzene rings is 1. The van der Waals surface area contributed by atoms with Crippen molar-refractivity contribution in [1.82, 2.24) is 20.1 Å². The van der Waals surface area contributed by atoms with Gasteiger partial charge in [-0.1, -0.05) is 13.0 Å². The molecule has 1 saturated carbocycles. The summed E-state index contributed by atoms with van der Waals surface area (Å²) in [5, 5.41) is 8.48. The lowest BCUT2D eigenvalue weighted by molar-refractivity contribution is 0.0926. The number of hydrogen-bond acceptors (Lipinski definition) is 2. The van der Waals surface area contributed by atoms with Gasteiger partial charge < -0.3 is 10.3 Å². The van der Waals surface area contributed by atoms with Gasteiger partial charge in [0.15, 0.2) is 0 Å². The minimum absolute atomic E-state index is 0.0550. The number of amides is 1. The van der Waals surface area contributed by atoms with E-state index < -0.39 is 0 Å². The largest absolute Gasteiger partial charge is 0.351 e. The van der Waals surface area contributed by atoms with E-state index in [4.69, 9.17) is 0 Å². The number of H-pyrrole nitrogens is 1. The van der Waals surface area contributed by atoms with Crippen LogP contribution in [0.15, 0.2) is 36.7 Å². The van der Waals surface area contributed by atoms with E-state index in [-0.39, 0.29) is 11.4 Å². The van der Waals surface area contributed by atoms with Crippen LogP contribution in [0.2, 0.25) is 0 Å². The van der Waals surface area contributed by atoms with E-state index in [0.29, 0.717) is 5.69 Å². The van der Waals surface area contributed by atoms with Gasteiger partial charge in [-0.3, -0.25) is 9.48 Å². The predicted octanol–water partition coefficient (Wildman–Crippen LogP) is 2.88. The number of aromatic amines is 1. The maximum atomic E-state index is 12.6. The number of carbonyl (C=O) groups is 1. The van der Waals surface area contributed by atoms with E-state index in [9.17, 15) is 4.79 Å². The molecule has 2 aromatic heterocycles. The van der Waals surface area contributed by atoms with Crippen LogP contribution in [0, 0.1) is 0 Å². The maximum Gasteiger partial charge on any atom is 0.268 e. The quantitative estimate of drug-likeness (QED) is 0.778. The van der Waals surface area contributed by atoms with Crippen molar-refractivity contribution in [1.29, 1.82) is 0 Å². The molecule has 0 radical (unpaired) electrons. The van der Waals surface area contributed by atoms with Gasteiger partial charge >= 0.3 is 0 Å². The average Bonchev–Trinajstić information content (AvgIpc) is 2.99. The van der Waals surface area contributed by atoms with Crippen molar-refractivity contribution in [2.24, 2.45) is 7.05 Å². The molecule has 2 heterocycles. The molecule has 3 aromatic rings. The highest BCUT2D eigenvalue weighted by atomic mass is 16.2. The first-order chi connectivity index (χ1) is 11.1. The lowest BCUT2D eigenvalue weighted by atomic mass is 10.1. The molecule has 23 heavy (non-hydrogen) atoms. The van der Waals surface area contributed by atoms with Gasteiger partial charge in [0.25, 0.3) is 5.91 Å². The monoisotopic (exact) mass is 308 g/mol. The third-order valence-corrected chi connectivity index (χ3v) is 4.70. The normalized spacial score (nSPS) is 15.7. The Labute approximate surface area is 134 Å². The van der Waals surface area contributed by atoms with E-state index in [2.05, 4.69) is 34.5 Å². The van der Waals surface area contributed by atoms with Gasteiger partial charge in [-0.25, -0.2) is 0 Å². The summed E-state index contributed by atoms with van der Waals surface area (Å²) in [7, 11) is 1.89. The first-order valence-corrected chi connectivity index (χ1v) is 8.03. The fourth-order valence-corrected chi connectivity index (χ4v) is 3.09. The van der Waals surface area contributed by atoms with Gasteiger partial charge in [-0.15, -0.1) is 0 Å². The molecule has 0 atom stereocenters. The number of nitrogens with one attached hydrogen (secondary N) is 2. The molecular formula is C18H20N4O. The molecule has 4 rings (SSSR count). The van der Waals surface area contributed by atoms with Crippen molar-refractivity contribution in [2.45, 2.75) is 31.7 Å². The highest BCUT2D eigenvalue weighted by molar-refractivity contribution is 5.98. The van der Waals surface area contributed by atoms with Crippen molar-refractivity contribution in [2.75, 3.05) is 0 Å². The summed E-state index contributed by atoms with van der Waals surface area (Å²) in [4.78, 5) is 15.9. The Morgan fingerprint density at radius 1 is 1.39 bits per heavy atom. The Bertz CT molecular complexity index is 885. The first kappa shape index (κ1) is 14.1. The number of nitrogens with zero attached hydrogens (tertiary/aromatic N) is 2. The third-order valence-electron chi connectivity index (χ3n) is 4.70. The molecule has 0 saturated heterocycles. The Morgan fingerprint density at radius 3 is 2.87 bits per heavy atom. The molecule has 1 fully saturated rings. The number of aryl methyl sites for hydroxylation is 2. The van der Waals surface area contributed by atoms with Crippen molar-refractivity contribution >= 4 is 16.8 Å². The molecule has 0 bridgehead atoms. The van der Waals surface area contributed by atoms with Crippen LogP contribution in [0.5, 0.6) is 0 Å². The Kier molecular flexibility index (Phi) is 3.04. The summed E-state index contributed by atoms with van der Waals surface area (Å²) < 4.78 is 1.77. The molecule has 5 nitrogen and oxygen atoms in total. The van der Waals surface area contributed by atoms with Crippen LogP contribution in [0.25, 0.3) is 10.9 Å². The van der Waals surface area contributed by atoms with E-state index in [1.807, 2.05) is 31.6 Å². The zero-order chi connectivity index (χ0) is 16.0. The number of carbonyl (C=O) groups excluding carboxylic acids is 1. The molecular weight excluding hydrogens is 288 g/mol. The fraction of sp³-hybridized carbons (Fsp3) is 0.333. The molecule has 0 spiro atoms. The van der Waals surface area contributed by atoms with Gasteiger partial charge in [0, 0.05) is 29.7 Å². The maximum absolute atomic E-state index is 12.6. The van der Waals surface area contributed by atoms with Gasteiger partial charge in [0.05, 0.1) is 11.7 Å². The van der Waals surface area contributed by atoms with Crippen LogP contribution in [-0.2, 0) is 19.0 Å². The van der Waals surface area contributed by atoms with Crippen LogP contribution in [0.3, 0.4) is 0 Å². The van der Waals surface area contributed by atoms with Crippen molar-refractivity contribution in [3.05, 3.63) is 53.5 Å². The zero-order valence-corrected chi connectivity index (χ0v) is 13.4. The number of hydrogen-bond donors (Lipinski definition) is 2. The molecule has 1 aliphatic rings. The molecule has 2 N–H and O–H groups in total. The number of rotatable bonds is 4. The molecule has 0 aliphatic heterocycles. The summed E-state index contributed by atoms with van der Waals surface area (Å²) in [5.41, 5.74) is 3.73. The Hall–Kier alpha value is -2.56. The van der Waals surface area contributed by atoms with E-state index in [1.165, 1.54) is 5.56 Å². The minimum atomic E-state index is -0.239. The fourth-order valence-electron chi connectivity index (χ4n) is 3.09. The second-order valence-corrected chi connectivity index (χ2v) is 6.40. The van der Waals surface area contributed by atoms with Gasteiger partial charge in [0.1, 0.15) is 5.69 Å². The van der Waals surface area contributed by atoms with Gasteiger partial charge in [0.2, 0.25) is 0 Å². The Balaban J connectivity index is 1.60. The lowest BCUT2D eigenvalue weighted by Gasteiger charge is -2.15. The van der Waals surface area contributed by atoms with Crippen LogP contribution in [0.1, 0.15) is 41.4 Å². The molecule has 1 aromatic carbocycles.